The predicted molar refractivity (Wildman–Crippen MR) is 139 cm³/mol. The molecule has 36 heavy (non-hydrogen) atoms. The maximum Gasteiger partial charge on any atom is 0.337 e. The molecule has 1 N–H and O–H groups in total. The molecule has 2 heterocycles. The maximum absolute atomic E-state index is 15.6. The first kappa shape index (κ1) is 24.2. The third-order valence-corrected chi connectivity index (χ3v) is 6.76. The lowest BCUT2D eigenvalue weighted by atomic mass is 9.85. The van der Waals surface area contributed by atoms with Gasteiger partial charge in [0, 0.05) is 34.5 Å². The topological polar surface area (TPSA) is 68.7 Å². The largest absolute Gasteiger partial charge is 0.493 e. The number of aliphatic carboxylic acids is 1. The highest BCUT2D eigenvalue weighted by molar-refractivity contribution is 6.09. The molecule has 0 amide bonds. The summed E-state index contributed by atoms with van der Waals surface area (Å²) in [5, 5.41) is 12.3. The predicted octanol–water partition coefficient (Wildman–Crippen LogP) is 6.94. The van der Waals surface area contributed by atoms with Gasteiger partial charge in [-0.2, -0.15) is 0 Å². The average Bonchev–Trinajstić information content (AvgIpc) is 2.83. The van der Waals surface area contributed by atoms with E-state index in [0.29, 0.717) is 51.6 Å². The number of rotatable bonds is 5. The minimum Gasteiger partial charge on any atom is -0.493 e. The lowest BCUT2D eigenvalue weighted by Crippen LogP contribution is -2.28. The van der Waals surface area contributed by atoms with Crippen molar-refractivity contribution in [3.8, 4) is 16.9 Å². The molecule has 1 aliphatic rings. The first-order chi connectivity index (χ1) is 17.1. The van der Waals surface area contributed by atoms with Gasteiger partial charge in [0.05, 0.1) is 17.7 Å². The summed E-state index contributed by atoms with van der Waals surface area (Å²) >= 11 is 0. The van der Waals surface area contributed by atoms with E-state index in [9.17, 15) is 9.90 Å². The molecule has 5 rings (SSSR count). The SMILES string of the molecule is CCc1ccc2c(-c3ccc4c5c(ccnc35)CCO4)c([C@H](OC(C)(C)C)C(=O)O)c(C)cc2c1F. The van der Waals surface area contributed by atoms with Crippen molar-refractivity contribution in [2.24, 2.45) is 0 Å². The Hall–Kier alpha value is -3.51. The molecule has 6 heteroatoms. The highest BCUT2D eigenvalue weighted by Crippen LogP contribution is 2.45. The normalized spacial score (nSPS) is 14.2. The minimum atomic E-state index is -1.25. The Morgan fingerprint density at radius 3 is 2.67 bits per heavy atom. The van der Waals surface area contributed by atoms with Gasteiger partial charge in [-0.05, 0) is 86.0 Å². The number of nitrogens with zero attached hydrogens (tertiary/aromatic N) is 1. The van der Waals surface area contributed by atoms with Crippen LogP contribution in [0.15, 0.2) is 42.6 Å². The molecule has 1 aromatic heterocycles. The molecule has 186 valence electrons. The lowest BCUT2D eigenvalue weighted by Gasteiger charge is -2.29. The Morgan fingerprint density at radius 1 is 1.19 bits per heavy atom. The first-order valence-corrected chi connectivity index (χ1v) is 12.3. The zero-order chi connectivity index (χ0) is 25.8. The molecule has 1 atom stereocenters. The Balaban J connectivity index is 1.94. The third-order valence-electron chi connectivity index (χ3n) is 6.76. The molecule has 0 bridgehead atoms. The summed E-state index contributed by atoms with van der Waals surface area (Å²) < 4.78 is 27.6. The molecular formula is C30H30FNO4. The fraction of sp³-hybridized carbons (Fsp3) is 0.333. The van der Waals surface area contributed by atoms with Crippen molar-refractivity contribution in [1.82, 2.24) is 4.98 Å². The lowest BCUT2D eigenvalue weighted by molar-refractivity contribution is -0.160. The quantitative estimate of drug-likeness (QED) is 0.330. The number of carbonyl (C=O) groups is 1. The summed E-state index contributed by atoms with van der Waals surface area (Å²) in [6, 6.07) is 11.2. The molecular weight excluding hydrogens is 457 g/mol. The molecule has 3 aromatic carbocycles. The van der Waals surface area contributed by atoms with Crippen LogP contribution in [0.5, 0.6) is 5.75 Å². The van der Waals surface area contributed by atoms with Crippen LogP contribution < -0.4 is 4.74 Å². The second-order valence-electron chi connectivity index (χ2n) is 10.3. The number of hydrogen-bond acceptors (Lipinski definition) is 4. The average molecular weight is 488 g/mol. The Morgan fingerprint density at radius 2 is 1.97 bits per heavy atom. The van der Waals surface area contributed by atoms with Crippen LogP contribution in [0.2, 0.25) is 0 Å². The highest BCUT2D eigenvalue weighted by Gasteiger charge is 2.33. The first-order valence-electron chi connectivity index (χ1n) is 12.3. The summed E-state index contributed by atoms with van der Waals surface area (Å²) in [4.78, 5) is 17.3. The van der Waals surface area contributed by atoms with Gasteiger partial charge in [-0.25, -0.2) is 9.18 Å². The molecule has 0 saturated carbocycles. The zero-order valence-electron chi connectivity index (χ0n) is 21.2. The van der Waals surface area contributed by atoms with Gasteiger partial charge < -0.3 is 14.6 Å². The van der Waals surface area contributed by atoms with Gasteiger partial charge in [0.1, 0.15) is 11.6 Å². The van der Waals surface area contributed by atoms with Crippen molar-refractivity contribution in [1.29, 1.82) is 0 Å². The van der Waals surface area contributed by atoms with E-state index in [1.54, 1.807) is 18.3 Å². The number of aryl methyl sites for hydroxylation is 2. The minimum absolute atomic E-state index is 0.284. The van der Waals surface area contributed by atoms with Gasteiger partial charge in [-0.1, -0.05) is 19.1 Å². The number of pyridine rings is 1. The van der Waals surface area contributed by atoms with Gasteiger partial charge >= 0.3 is 5.97 Å². The van der Waals surface area contributed by atoms with Crippen LogP contribution >= 0.6 is 0 Å². The van der Waals surface area contributed by atoms with Crippen LogP contribution in [-0.4, -0.2) is 28.3 Å². The standard InChI is InChI=1S/C30H30FNO4/c1-6-17-7-8-19-21(26(17)31)15-16(2)23(28(29(33)34)36-30(3,4)5)25(19)20-9-10-22-24-18(12-14-35-22)11-13-32-27(20)24/h7-11,13,15,28H,6,12,14H2,1-5H3,(H,33,34)/t28-/m0/s1. The van der Waals surface area contributed by atoms with E-state index in [0.717, 1.165) is 28.7 Å². The van der Waals surface area contributed by atoms with Gasteiger partial charge in [0.2, 0.25) is 0 Å². The zero-order valence-corrected chi connectivity index (χ0v) is 21.2. The van der Waals surface area contributed by atoms with Crippen LogP contribution in [0.4, 0.5) is 4.39 Å². The van der Waals surface area contributed by atoms with Crippen molar-refractivity contribution in [2.75, 3.05) is 6.61 Å². The molecule has 0 fully saturated rings. The molecule has 1 aliphatic heterocycles. The number of hydrogen-bond donors (Lipinski definition) is 1. The Labute approximate surface area is 209 Å². The molecule has 0 unspecified atom stereocenters. The van der Waals surface area contributed by atoms with E-state index >= 15 is 4.39 Å². The third kappa shape index (κ3) is 3.99. The number of aromatic nitrogens is 1. The summed E-state index contributed by atoms with van der Waals surface area (Å²) in [5.74, 6) is -0.631. The Bertz CT molecular complexity index is 1510. The smallest absolute Gasteiger partial charge is 0.337 e. The summed E-state index contributed by atoms with van der Waals surface area (Å²) in [6.07, 6.45) is 1.84. The summed E-state index contributed by atoms with van der Waals surface area (Å²) in [7, 11) is 0. The molecule has 5 nitrogen and oxygen atoms in total. The van der Waals surface area contributed by atoms with E-state index < -0.39 is 17.7 Å². The molecule has 0 saturated heterocycles. The van der Waals surface area contributed by atoms with Crippen LogP contribution in [0.25, 0.3) is 32.8 Å². The van der Waals surface area contributed by atoms with Crippen LogP contribution in [0.3, 0.4) is 0 Å². The van der Waals surface area contributed by atoms with E-state index in [2.05, 4.69) is 0 Å². The summed E-state index contributed by atoms with van der Waals surface area (Å²) in [6.45, 7) is 9.81. The fourth-order valence-electron chi connectivity index (χ4n) is 5.22. The summed E-state index contributed by atoms with van der Waals surface area (Å²) in [5.41, 5.74) is 4.25. The van der Waals surface area contributed by atoms with Gasteiger partial charge in [-0.15, -0.1) is 0 Å². The number of carboxylic acid groups (broad SMARTS) is 1. The van der Waals surface area contributed by atoms with E-state index in [1.807, 2.05) is 58.9 Å². The Kier molecular flexibility index (Phi) is 5.95. The molecule has 4 aromatic rings. The van der Waals surface area contributed by atoms with Crippen LogP contribution in [-0.2, 0) is 22.4 Å². The number of fused-ring (bicyclic) bond motifs is 1. The highest BCUT2D eigenvalue weighted by atomic mass is 19.1. The van der Waals surface area contributed by atoms with Crippen molar-refractivity contribution < 1.29 is 23.8 Å². The van der Waals surface area contributed by atoms with E-state index in [1.165, 1.54) is 0 Å². The number of ether oxygens (including phenoxy) is 2. The number of halogens is 1. The molecule has 0 radical (unpaired) electrons. The fourth-order valence-corrected chi connectivity index (χ4v) is 5.22. The molecule has 0 spiro atoms. The van der Waals surface area contributed by atoms with Gasteiger partial charge in [-0.3, -0.25) is 4.98 Å². The van der Waals surface area contributed by atoms with Crippen molar-refractivity contribution in [3.63, 3.8) is 0 Å². The van der Waals surface area contributed by atoms with Crippen molar-refractivity contribution in [3.05, 3.63) is 70.7 Å². The van der Waals surface area contributed by atoms with E-state index in [-0.39, 0.29) is 5.82 Å². The van der Waals surface area contributed by atoms with Gasteiger partial charge in [0.25, 0.3) is 0 Å². The number of carboxylic acids is 1. The maximum atomic E-state index is 15.6. The monoisotopic (exact) mass is 487 g/mol. The van der Waals surface area contributed by atoms with Crippen molar-refractivity contribution >= 4 is 27.6 Å². The van der Waals surface area contributed by atoms with Gasteiger partial charge in [0.15, 0.2) is 6.10 Å². The number of benzene rings is 3. The second kappa shape index (κ2) is 8.86. The van der Waals surface area contributed by atoms with Crippen LogP contribution in [0.1, 0.15) is 56.1 Å². The second-order valence-corrected chi connectivity index (χ2v) is 10.3. The van der Waals surface area contributed by atoms with Crippen molar-refractivity contribution in [2.45, 2.75) is 59.2 Å². The van der Waals surface area contributed by atoms with Crippen LogP contribution in [0, 0.1) is 12.7 Å². The molecule has 0 aliphatic carbocycles. The van der Waals surface area contributed by atoms with E-state index in [4.69, 9.17) is 14.5 Å².